The molecule has 0 amide bonds. The van der Waals surface area contributed by atoms with Gasteiger partial charge in [0.15, 0.2) is 5.78 Å². The van der Waals surface area contributed by atoms with Gasteiger partial charge in [-0.2, -0.15) is 5.26 Å². The van der Waals surface area contributed by atoms with Gasteiger partial charge in [-0.25, -0.2) is 4.79 Å². The molecule has 2 N–H and O–H groups in total. The van der Waals surface area contributed by atoms with E-state index in [0.717, 1.165) is 0 Å². The fraction of sp³-hybridized carbons (Fsp3) is 0.444. The summed E-state index contributed by atoms with van der Waals surface area (Å²) in [7, 11) is 0. The van der Waals surface area contributed by atoms with Gasteiger partial charge in [0.1, 0.15) is 17.7 Å². The number of carbonyl (C=O) groups excluding carboxylic acids is 1. The van der Waals surface area contributed by atoms with Crippen LogP contribution in [0.1, 0.15) is 20.3 Å². The lowest BCUT2D eigenvalue weighted by Gasteiger charge is -2.06. The molecule has 5 heteroatoms. The molecule has 0 saturated heterocycles. The van der Waals surface area contributed by atoms with Crippen molar-refractivity contribution < 1.29 is 19.8 Å². The van der Waals surface area contributed by atoms with Crippen molar-refractivity contribution in [1.82, 2.24) is 0 Å². The summed E-state index contributed by atoms with van der Waals surface area (Å²) in [6.07, 6.45) is -1.17. The summed E-state index contributed by atoms with van der Waals surface area (Å²) in [5, 5.41) is 26.1. The zero-order valence-corrected chi connectivity index (χ0v) is 7.94. The third-order valence-electron chi connectivity index (χ3n) is 1.66. The van der Waals surface area contributed by atoms with Gasteiger partial charge in [-0.3, -0.25) is 4.79 Å². The molecule has 5 nitrogen and oxygen atoms in total. The first kappa shape index (κ1) is 12.3. The maximum Gasteiger partial charge on any atom is 0.346 e. The highest BCUT2D eigenvalue weighted by Crippen LogP contribution is 2.12. The molecule has 14 heavy (non-hydrogen) atoms. The van der Waals surface area contributed by atoms with Crippen molar-refractivity contribution >= 4 is 11.8 Å². The normalized spacial score (nSPS) is 13.9. The zero-order chi connectivity index (χ0) is 11.3. The largest absolute Gasteiger partial charge is 0.477 e. The lowest BCUT2D eigenvalue weighted by molar-refractivity contribution is -0.133. The Morgan fingerprint density at radius 3 is 2.21 bits per heavy atom. The lowest BCUT2D eigenvalue weighted by atomic mass is 9.99. The second-order valence-corrected chi connectivity index (χ2v) is 2.66. The summed E-state index contributed by atoms with van der Waals surface area (Å²) in [6.45, 7) is 2.78. The van der Waals surface area contributed by atoms with E-state index in [-0.39, 0.29) is 12.0 Å². The smallest absolute Gasteiger partial charge is 0.346 e. The summed E-state index contributed by atoms with van der Waals surface area (Å²) < 4.78 is 0. The van der Waals surface area contributed by atoms with E-state index in [1.807, 2.05) is 0 Å². The molecule has 0 aliphatic heterocycles. The van der Waals surface area contributed by atoms with Crippen LogP contribution in [0.5, 0.6) is 0 Å². The van der Waals surface area contributed by atoms with Crippen molar-refractivity contribution in [1.29, 1.82) is 5.26 Å². The minimum absolute atomic E-state index is 0.110. The van der Waals surface area contributed by atoms with Crippen LogP contribution < -0.4 is 0 Å². The number of aliphatic hydroxyl groups is 1. The number of hydrogen-bond donors (Lipinski definition) is 2. The van der Waals surface area contributed by atoms with Gasteiger partial charge in [0.2, 0.25) is 0 Å². The molecule has 0 radical (unpaired) electrons. The standard InChI is InChI=1S/C9H11NO4/c1-3-6(8(12)5(2)11)7(4-10)9(13)14/h5,11H,3H2,1-2H3,(H,13,14). The second kappa shape index (κ2) is 5.14. The van der Waals surface area contributed by atoms with Gasteiger partial charge in [-0.05, 0) is 13.3 Å². The van der Waals surface area contributed by atoms with Crippen LogP contribution in [0, 0.1) is 11.3 Å². The van der Waals surface area contributed by atoms with Crippen LogP contribution in [0.25, 0.3) is 0 Å². The van der Waals surface area contributed by atoms with Crippen LogP contribution in [-0.2, 0) is 9.59 Å². The molecule has 76 valence electrons. The van der Waals surface area contributed by atoms with Crippen LogP contribution in [0.15, 0.2) is 11.1 Å². The number of rotatable bonds is 4. The topological polar surface area (TPSA) is 98.4 Å². The SMILES string of the molecule is CCC(C(=O)C(C)O)=C(C#N)C(=O)O. The fourth-order valence-electron chi connectivity index (χ4n) is 0.971. The van der Waals surface area contributed by atoms with E-state index >= 15 is 0 Å². The minimum Gasteiger partial charge on any atom is -0.477 e. The monoisotopic (exact) mass is 197 g/mol. The summed E-state index contributed by atoms with van der Waals surface area (Å²) >= 11 is 0. The molecule has 0 aliphatic rings. The molecule has 0 rings (SSSR count). The molecule has 0 aliphatic carbocycles. The molecular formula is C9H11NO4. The molecule has 1 atom stereocenters. The Kier molecular flexibility index (Phi) is 4.53. The molecule has 0 aromatic carbocycles. The first-order valence-corrected chi connectivity index (χ1v) is 4.04. The molecule has 0 fully saturated rings. The van der Waals surface area contributed by atoms with Gasteiger partial charge >= 0.3 is 5.97 Å². The molecule has 0 spiro atoms. The predicted molar refractivity (Wildman–Crippen MR) is 47.3 cm³/mol. The number of ketones is 1. The van der Waals surface area contributed by atoms with Crippen molar-refractivity contribution in [2.24, 2.45) is 0 Å². The predicted octanol–water partition coefficient (Wildman–Crippen LogP) is 0.251. The Balaban J connectivity index is 5.33. The van der Waals surface area contributed by atoms with Crippen LogP contribution >= 0.6 is 0 Å². The van der Waals surface area contributed by atoms with Gasteiger partial charge in [0.25, 0.3) is 0 Å². The van der Waals surface area contributed by atoms with Gasteiger partial charge in [-0.15, -0.1) is 0 Å². The fourth-order valence-corrected chi connectivity index (χ4v) is 0.971. The minimum atomic E-state index is -1.45. The van der Waals surface area contributed by atoms with Crippen molar-refractivity contribution in [2.45, 2.75) is 26.4 Å². The number of carbonyl (C=O) groups is 2. The summed E-state index contributed by atoms with van der Waals surface area (Å²) in [6, 6.07) is 1.44. The van der Waals surface area contributed by atoms with Crippen LogP contribution in [-0.4, -0.2) is 28.1 Å². The Labute approximate surface area is 81.3 Å². The van der Waals surface area contributed by atoms with E-state index in [2.05, 4.69) is 0 Å². The Morgan fingerprint density at radius 1 is 1.50 bits per heavy atom. The van der Waals surface area contributed by atoms with Gasteiger partial charge < -0.3 is 10.2 Å². The molecule has 0 heterocycles. The van der Waals surface area contributed by atoms with Crippen LogP contribution in [0.4, 0.5) is 0 Å². The first-order chi connectivity index (χ1) is 6.45. The molecule has 0 bridgehead atoms. The van der Waals surface area contributed by atoms with E-state index in [9.17, 15) is 9.59 Å². The first-order valence-electron chi connectivity index (χ1n) is 4.04. The Bertz CT molecular complexity index is 322. The van der Waals surface area contributed by atoms with E-state index in [1.54, 1.807) is 6.92 Å². The number of nitrogens with zero attached hydrogens (tertiary/aromatic N) is 1. The van der Waals surface area contributed by atoms with Gasteiger partial charge in [-0.1, -0.05) is 6.92 Å². The van der Waals surface area contributed by atoms with Gasteiger partial charge in [0, 0.05) is 5.57 Å². The summed E-state index contributed by atoms with van der Waals surface area (Å²) in [5.74, 6) is -2.16. The molecule has 1 unspecified atom stereocenters. The zero-order valence-electron chi connectivity index (χ0n) is 7.94. The highest BCUT2D eigenvalue weighted by atomic mass is 16.4. The average Bonchev–Trinajstić information content (AvgIpc) is 2.11. The van der Waals surface area contributed by atoms with Crippen LogP contribution in [0.2, 0.25) is 0 Å². The lowest BCUT2D eigenvalue weighted by Crippen LogP contribution is -2.21. The quantitative estimate of drug-likeness (QED) is 0.497. The third kappa shape index (κ3) is 2.68. The van der Waals surface area contributed by atoms with E-state index < -0.39 is 23.4 Å². The molecule has 0 aromatic heterocycles. The van der Waals surface area contributed by atoms with Crippen molar-refractivity contribution in [3.63, 3.8) is 0 Å². The Hall–Kier alpha value is -1.67. The number of carboxylic acid groups (broad SMARTS) is 1. The number of aliphatic carboxylic acids is 1. The number of hydrogen-bond acceptors (Lipinski definition) is 4. The number of aliphatic hydroxyl groups excluding tert-OH is 1. The maximum atomic E-state index is 11.3. The maximum absolute atomic E-state index is 11.3. The summed E-state index contributed by atoms with van der Waals surface area (Å²) in [4.78, 5) is 21.8. The average molecular weight is 197 g/mol. The third-order valence-corrected chi connectivity index (χ3v) is 1.66. The molecule has 0 saturated carbocycles. The van der Waals surface area contributed by atoms with E-state index in [0.29, 0.717) is 0 Å². The Morgan fingerprint density at radius 2 is 2.00 bits per heavy atom. The molecular weight excluding hydrogens is 186 g/mol. The molecule has 0 aromatic rings. The number of carboxylic acids is 1. The van der Waals surface area contributed by atoms with Gasteiger partial charge in [0.05, 0.1) is 0 Å². The van der Waals surface area contributed by atoms with Crippen LogP contribution in [0.3, 0.4) is 0 Å². The summed E-state index contributed by atoms with van der Waals surface area (Å²) in [5.41, 5.74) is -0.742. The van der Waals surface area contributed by atoms with Crippen molar-refractivity contribution in [3.05, 3.63) is 11.1 Å². The van der Waals surface area contributed by atoms with E-state index in [1.165, 1.54) is 13.0 Å². The number of nitriles is 1. The van der Waals surface area contributed by atoms with E-state index in [4.69, 9.17) is 15.5 Å². The second-order valence-electron chi connectivity index (χ2n) is 2.66. The highest BCUT2D eigenvalue weighted by molar-refractivity contribution is 6.07. The number of Topliss-reactive ketones (excluding diaryl/α,β-unsaturated/α-hetero) is 1. The van der Waals surface area contributed by atoms with Crippen molar-refractivity contribution in [3.8, 4) is 6.07 Å². The highest BCUT2D eigenvalue weighted by Gasteiger charge is 2.21. The van der Waals surface area contributed by atoms with Crippen molar-refractivity contribution in [2.75, 3.05) is 0 Å².